The van der Waals surface area contributed by atoms with Crippen molar-refractivity contribution >= 4 is 11.9 Å². The Kier molecular flexibility index (Phi) is 4.13. The Balaban J connectivity index is 2.02. The fourth-order valence-corrected chi connectivity index (χ4v) is 3.28. The molecule has 2 aliphatic heterocycles. The highest BCUT2D eigenvalue weighted by atomic mass is 16.4. The molecule has 108 valence electrons. The van der Waals surface area contributed by atoms with Crippen LogP contribution in [0.1, 0.15) is 33.1 Å². The van der Waals surface area contributed by atoms with Gasteiger partial charge in [0.15, 0.2) is 0 Å². The monoisotopic (exact) mass is 268 g/mol. The van der Waals surface area contributed by atoms with E-state index in [0.717, 1.165) is 19.5 Å². The van der Waals surface area contributed by atoms with Crippen LogP contribution in [0.15, 0.2) is 0 Å². The largest absolute Gasteiger partial charge is 0.481 e. The number of hydrogen-bond acceptors (Lipinski definition) is 3. The minimum atomic E-state index is -0.729. The van der Waals surface area contributed by atoms with E-state index in [1.54, 1.807) is 0 Å². The van der Waals surface area contributed by atoms with Gasteiger partial charge < -0.3 is 15.3 Å². The van der Waals surface area contributed by atoms with Crippen LogP contribution in [0.25, 0.3) is 0 Å². The third kappa shape index (κ3) is 2.61. The van der Waals surface area contributed by atoms with Crippen LogP contribution in [-0.4, -0.2) is 48.1 Å². The number of carbonyl (C=O) groups excluding carboxylic acids is 1. The van der Waals surface area contributed by atoms with Crippen LogP contribution in [-0.2, 0) is 9.59 Å². The number of nitrogens with one attached hydrogen (secondary N) is 1. The van der Waals surface area contributed by atoms with E-state index in [4.69, 9.17) is 5.11 Å². The zero-order valence-corrected chi connectivity index (χ0v) is 11.8. The zero-order chi connectivity index (χ0) is 14.0. The third-order valence-corrected chi connectivity index (χ3v) is 4.85. The van der Waals surface area contributed by atoms with Gasteiger partial charge in [-0.25, -0.2) is 0 Å². The van der Waals surface area contributed by atoms with Gasteiger partial charge in [-0.1, -0.05) is 13.8 Å². The molecular formula is C14H24N2O3. The van der Waals surface area contributed by atoms with E-state index in [2.05, 4.69) is 19.2 Å². The lowest BCUT2D eigenvalue weighted by molar-refractivity contribution is -0.150. The molecule has 1 unspecified atom stereocenters. The van der Waals surface area contributed by atoms with Gasteiger partial charge in [0.2, 0.25) is 5.91 Å². The molecule has 0 aromatic carbocycles. The lowest BCUT2D eigenvalue weighted by atomic mass is 9.74. The fraction of sp³-hybridized carbons (Fsp3) is 0.857. The summed E-state index contributed by atoms with van der Waals surface area (Å²) in [6, 6.07) is 0. The normalized spacial score (nSPS) is 28.9. The van der Waals surface area contributed by atoms with Crippen molar-refractivity contribution < 1.29 is 14.7 Å². The molecule has 2 aliphatic rings. The van der Waals surface area contributed by atoms with Crippen molar-refractivity contribution in [3.63, 3.8) is 0 Å². The number of amides is 1. The quantitative estimate of drug-likeness (QED) is 0.799. The number of likely N-dealkylation sites (tertiary alicyclic amines) is 1. The molecule has 5 heteroatoms. The molecule has 0 aromatic heterocycles. The average molecular weight is 268 g/mol. The highest BCUT2D eigenvalue weighted by Gasteiger charge is 2.46. The maximum absolute atomic E-state index is 12.8. The number of nitrogens with zero attached hydrogens (tertiary/aromatic N) is 1. The van der Waals surface area contributed by atoms with Crippen molar-refractivity contribution in [3.8, 4) is 0 Å². The van der Waals surface area contributed by atoms with Crippen molar-refractivity contribution in [1.82, 2.24) is 10.2 Å². The first-order chi connectivity index (χ1) is 8.97. The molecule has 0 bridgehead atoms. The molecule has 0 aromatic rings. The summed E-state index contributed by atoms with van der Waals surface area (Å²) in [5.74, 6) is -0.475. The first-order valence-electron chi connectivity index (χ1n) is 7.20. The second kappa shape index (κ2) is 5.49. The fourth-order valence-electron chi connectivity index (χ4n) is 3.28. The second-order valence-corrected chi connectivity index (χ2v) is 6.14. The standard InChI is InChI=1S/C14H24N2O3/c1-10(2)14(5-6-15-9-14)13(19)16-7-3-11(4-8-16)12(17)18/h10-11,15H,3-9H2,1-2H3,(H,17,18). The van der Waals surface area contributed by atoms with Crippen molar-refractivity contribution in [2.24, 2.45) is 17.3 Å². The first-order valence-corrected chi connectivity index (χ1v) is 7.20. The molecule has 2 saturated heterocycles. The van der Waals surface area contributed by atoms with E-state index >= 15 is 0 Å². The second-order valence-electron chi connectivity index (χ2n) is 6.14. The lowest BCUT2D eigenvalue weighted by Crippen LogP contribution is -2.51. The number of carboxylic acids is 1. The number of hydrogen-bond donors (Lipinski definition) is 2. The molecule has 1 amide bonds. The van der Waals surface area contributed by atoms with Gasteiger partial charge in [-0.2, -0.15) is 0 Å². The van der Waals surface area contributed by atoms with Crippen molar-refractivity contribution in [1.29, 1.82) is 0 Å². The third-order valence-electron chi connectivity index (χ3n) is 4.85. The van der Waals surface area contributed by atoms with E-state index in [0.29, 0.717) is 31.8 Å². The van der Waals surface area contributed by atoms with Gasteiger partial charge in [-0.3, -0.25) is 9.59 Å². The van der Waals surface area contributed by atoms with Crippen molar-refractivity contribution in [2.75, 3.05) is 26.2 Å². The zero-order valence-electron chi connectivity index (χ0n) is 11.8. The minimum absolute atomic E-state index is 0.219. The molecule has 0 spiro atoms. The molecule has 1 atom stereocenters. The van der Waals surface area contributed by atoms with Gasteiger partial charge in [0, 0.05) is 19.6 Å². The Morgan fingerprint density at radius 3 is 2.37 bits per heavy atom. The minimum Gasteiger partial charge on any atom is -0.481 e. The van der Waals surface area contributed by atoms with Crippen LogP contribution < -0.4 is 5.32 Å². The highest BCUT2D eigenvalue weighted by Crippen LogP contribution is 2.37. The number of aliphatic carboxylic acids is 1. The molecular weight excluding hydrogens is 244 g/mol. The predicted octanol–water partition coefficient (Wildman–Crippen LogP) is 0.945. The Hall–Kier alpha value is -1.10. The Bertz CT molecular complexity index is 354. The van der Waals surface area contributed by atoms with Gasteiger partial charge >= 0.3 is 5.97 Å². The Labute approximate surface area is 114 Å². The molecule has 0 aliphatic carbocycles. The van der Waals surface area contributed by atoms with E-state index < -0.39 is 5.97 Å². The summed E-state index contributed by atoms with van der Waals surface area (Å²) in [6.07, 6.45) is 2.06. The van der Waals surface area contributed by atoms with Crippen LogP contribution in [0.3, 0.4) is 0 Å². The SMILES string of the molecule is CC(C)C1(C(=O)N2CCC(C(=O)O)CC2)CCNC1. The number of piperidine rings is 1. The van der Waals surface area contributed by atoms with Gasteiger partial charge in [0.05, 0.1) is 11.3 Å². The summed E-state index contributed by atoms with van der Waals surface area (Å²) >= 11 is 0. The van der Waals surface area contributed by atoms with Gasteiger partial charge in [-0.05, 0) is 31.7 Å². The number of rotatable bonds is 3. The van der Waals surface area contributed by atoms with Gasteiger partial charge in [0.1, 0.15) is 0 Å². The molecule has 2 heterocycles. The summed E-state index contributed by atoms with van der Waals surface area (Å²) in [7, 11) is 0. The van der Waals surface area contributed by atoms with E-state index in [1.807, 2.05) is 4.90 Å². The summed E-state index contributed by atoms with van der Waals surface area (Å²) in [6.45, 7) is 7.04. The predicted molar refractivity (Wildman–Crippen MR) is 71.7 cm³/mol. The van der Waals surface area contributed by atoms with Crippen molar-refractivity contribution in [2.45, 2.75) is 33.1 Å². The van der Waals surface area contributed by atoms with E-state index in [-0.39, 0.29) is 17.2 Å². The van der Waals surface area contributed by atoms with Crippen LogP contribution in [0.4, 0.5) is 0 Å². The summed E-state index contributed by atoms with van der Waals surface area (Å²) in [5.41, 5.74) is -0.282. The highest BCUT2D eigenvalue weighted by molar-refractivity contribution is 5.84. The van der Waals surface area contributed by atoms with E-state index in [9.17, 15) is 9.59 Å². The van der Waals surface area contributed by atoms with Crippen LogP contribution in [0.5, 0.6) is 0 Å². The molecule has 5 nitrogen and oxygen atoms in total. The van der Waals surface area contributed by atoms with Gasteiger partial charge in [-0.15, -0.1) is 0 Å². The maximum atomic E-state index is 12.8. The van der Waals surface area contributed by atoms with Crippen LogP contribution >= 0.6 is 0 Å². The Morgan fingerprint density at radius 2 is 1.95 bits per heavy atom. The average Bonchev–Trinajstić information content (AvgIpc) is 2.88. The summed E-state index contributed by atoms with van der Waals surface area (Å²) < 4.78 is 0. The number of carboxylic acid groups (broad SMARTS) is 1. The molecule has 2 fully saturated rings. The molecule has 2 N–H and O–H groups in total. The maximum Gasteiger partial charge on any atom is 0.306 e. The smallest absolute Gasteiger partial charge is 0.306 e. The van der Waals surface area contributed by atoms with Crippen molar-refractivity contribution in [3.05, 3.63) is 0 Å². The van der Waals surface area contributed by atoms with E-state index in [1.165, 1.54) is 0 Å². The first kappa shape index (κ1) is 14.3. The Morgan fingerprint density at radius 1 is 1.32 bits per heavy atom. The lowest BCUT2D eigenvalue weighted by Gasteiger charge is -2.39. The molecule has 2 rings (SSSR count). The number of carbonyl (C=O) groups is 2. The van der Waals surface area contributed by atoms with Gasteiger partial charge in [0.25, 0.3) is 0 Å². The molecule has 19 heavy (non-hydrogen) atoms. The van der Waals surface area contributed by atoms with Crippen LogP contribution in [0.2, 0.25) is 0 Å². The molecule has 0 saturated carbocycles. The topological polar surface area (TPSA) is 69.6 Å². The molecule has 0 radical (unpaired) electrons. The van der Waals surface area contributed by atoms with Crippen LogP contribution in [0, 0.1) is 17.3 Å². The summed E-state index contributed by atoms with van der Waals surface area (Å²) in [5, 5.41) is 12.3. The summed E-state index contributed by atoms with van der Waals surface area (Å²) in [4.78, 5) is 25.6.